The van der Waals surface area contributed by atoms with Gasteiger partial charge in [0, 0.05) is 30.5 Å². The molecule has 27 heavy (non-hydrogen) atoms. The Balaban J connectivity index is 1.75. The summed E-state index contributed by atoms with van der Waals surface area (Å²) in [6, 6.07) is 5.70. The maximum Gasteiger partial charge on any atom is 0.407 e. The quantitative estimate of drug-likeness (QED) is 0.693. The fourth-order valence-electron chi connectivity index (χ4n) is 2.66. The van der Waals surface area contributed by atoms with E-state index >= 15 is 0 Å². The van der Waals surface area contributed by atoms with Gasteiger partial charge in [0.1, 0.15) is 11.9 Å². The van der Waals surface area contributed by atoms with Gasteiger partial charge in [0.25, 0.3) is 0 Å². The lowest BCUT2D eigenvalue weighted by molar-refractivity contribution is 0.0508. The smallest absolute Gasteiger partial charge is 0.407 e. The van der Waals surface area contributed by atoms with E-state index in [1.807, 2.05) is 57.8 Å². The number of hydrogen-bond acceptors (Lipinski definition) is 7. The minimum atomic E-state index is -0.512. The standard InChI is InChI=1S/C19H24N4O3S/c1-12(22-18(24)26-19(2,3)4)9-13-10-14-16(27-13)17(21-11-20-14)23(5)15-7-6-8-25-15/h6-8,10-12H,9H2,1-5H3,(H,22,24)/t12-/m0/s1. The summed E-state index contributed by atoms with van der Waals surface area (Å²) in [5.74, 6) is 1.50. The molecule has 8 heteroatoms. The van der Waals surface area contributed by atoms with Crippen LogP contribution in [-0.4, -0.2) is 34.8 Å². The molecule has 7 nitrogen and oxygen atoms in total. The van der Waals surface area contributed by atoms with Gasteiger partial charge in [0.15, 0.2) is 5.82 Å². The molecule has 1 amide bonds. The molecule has 1 atom stereocenters. The van der Waals surface area contributed by atoms with Crippen LogP contribution in [0.15, 0.2) is 35.2 Å². The molecule has 3 aromatic heterocycles. The molecule has 144 valence electrons. The Morgan fingerprint density at radius 1 is 1.41 bits per heavy atom. The number of ether oxygens (including phenoxy) is 1. The van der Waals surface area contributed by atoms with Crippen molar-refractivity contribution in [1.82, 2.24) is 15.3 Å². The largest absolute Gasteiger partial charge is 0.448 e. The van der Waals surface area contributed by atoms with Gasteiger partial charge in [-0.3, -0.25) is 4.90 Å². The number of furan rings is 1. The molecule has 0 aromatic carbocycles. The zero-order valence-electron chi connectivity index (χ0n) is 16.1. The molecule has 3 rings (SSSR count). The highest BCUT2D eigenvalue weighted by atomic mass is 32.1. The zero-order chi connectivity index (χ0) is 19.6. The molecule has 0 fully saturated rings. The molecule has 0 saturated carbocycles. The Hall–Kier alpha value is -2.61. The molecule has 1 N–H and O–H groups in total. The molecule has 0 spiro atoms. The lowest BCUT2D eigenvalue weighted by Gasteiger charge is -2.21. The van der Waals surface area contributed by atoms with Crippen molar-refractivity contribution in [2.24, 2.45) is 0 Å². The van der Waals surface area contributed by atoms with Gasteiger partial charge >= 0.3 is 6.09 Å². The number of carbonyl (C=O) groups is 1. The third-order valence-corrected chi connectivity index (χ3v) is 4.91. The number of amides is 1. The van der Waals surface area contributed by atoms with Gasteiger partial charge in [-0.15, -0.1) is 11.3 Å². The van der Waals surface area contributed by atoms with Gasteiger partial charge in [0.05, 0.1) is 16.5 Å². The fraction of sp³-hybridized carbons (Fsp3) is 0.421. The van der Waals surface area contributed by atoms with E-state index in [4.69, 9.17) is 9.15 Å². The summed E-state index contributed by atoms with van der Waals surface area (Å²) in [5, 5.41) is 2.87. The first kappa shape index (κ1) is 19.2. The summed E-state index contributed by atoms with van der Waals surface area (Å²) >= 11 is 1.62. The number of aromatic nitrogens is 2. The predicted octanol–water partition coefficient (Wildman–Crippen LogP) is 4.51. The van der Waals surface area contributed by atoms with E-state index in [0.717, 1.165) is 20.9 Å². The summed E-state index contributed by atoms with van der Waals surface area (Å²) < 4.78 is 11.8. The molecule has 0 radical (unpaired) electrons. The maximum atomic E-state index is 11.9. The first-order valence-corrected chi connectivity index (χ1v) is 9.55. The Morgan fingerprint density at radius 2 is 2.19 bits per heavy atom. The molecule has 3 heterocycles. The van der Waals surface area contributed by atoms with Crippen molar-refractivity contribution in [2.45, 2.75) is 45.8 Å². The number of hydrogen-bond donors (Lipinski definition) is 1. The van der Waals surface area contributed by atoms with Crippen molar-refractivity contribution in [3.63, 3.8) is 0 Å². The van der Waals surface area contributed by atoms with Crippen LogP contribution in [0, 0.1) is 0 Å². The average Bonchev–Trinajstić information content (AvgIpc) is 3.20. The first-order valence-electron chi connectivity index (χ1n) is 8.73. The van der Waals surface area contributed by atoms with Crippen LogP contribution in [0.1, 0.15) is 32.6 Å². The van der Waals surface area contributed by atoms with Crippen LogP contribution in [0.4, 0.5) is 16.5 Å². The first-order chi connectivity index (χ1) is 12.7. The second-order valence-corrected chi connectivity index (χ2v) is 8.52. The predicted molar refractivity (Wildman–Crippen MR) is 107 cm³/mol. The molecular formula is C19H24N4O3S. The maximum absolute atomic E-state index is 11.9. The van der Waals surface area contributed by atoms with Crippen molar-refractivity contribution in [3.05, 3.63) is 35.7 Å². The van der Waals surface area contributed by atoms with E-state index in [1.165, 1.54) is 0 Å². The van der Waals surface area contributed by atoms with Crippen LogP contribution < -0.4 is 10.2 Å². The molecular weight excluding hydrogens is 364 g/mol. The van der Waals surface area contributed by atoms with Crippen LogP contribution in [0.5, 0.6) is 0 Å². The third kappa shape index (κ3) is 4.77. The Morgan fingerprint density at radius 3 is 2.85 bits per heavy atom. The van der Waals surface area contributed by atoms with E-state index in [9.17, 15) is 4.79 Å². The van der Waals surface area contributed by atoms with E-state index in [2.05, 4.69) is 15.3 Å². The minimum Gasteiger partial charge on any atom is -0.448 e. The lowest BCUT2D eigenvalue weighted by Crippen LogP contribution is -2.38. The van der Waals surface area contributed by atoms with Crippen molar-refractivity contribution in [3.8, 4) is 0 Å². The Kier molecular flexibility index (Phi) is 5.36. The fourth-order valence-corrected chi connectivity index (χ4v) is 3.92. The van der Waals surface area contributed by atoms with Crippen molar-refractivity contribution in [2.75, 3.05) is 11.9 Å². The van der Waals surface area contributed by atoms with Gasteiger partial charge in [0.2, 0.25) is 5.88 Å². The topological polar surface area (TPSA) is 80.5 Å². The number of nitrogens with one attached hydrogen (secondary N) is 1. The summed E-state index contributed by atoms with van der Waals surface area (Å²) in [6.45, 7) is 7.49. The van der Waals surface area contributed by atoms with Crippen molar-refractivity contribution in [1.29, 1.82) is 0 Å². The summed E-state index contributed by atoms with van der Waals surface area (Å²) in [5.41, 5.74) is 0.366. The Labute approximate surface area is 162 Å². The second kappa shape index (κ2) is 7.56. The van der Waals surface area contributed by atoms with Crippen molar-refractivity contribution < 1.29 is 13.9 Å². The Bertz CT molecular complexity index is 915. The molecule has 3 aromatic rings. The highest BCUT2D eigenvalue weighted by molar-refractivity contribution is 7.19. The number of nitrogens with zero attached hydrogens (tertiary/aromatic N) is 3. The van der Waals surface area contributed by atoms with Gasteiger partial charge in [-0.25, -0.2) is 14.8 Å². The molecule has 0 aliphatic heterocycles. The number of fused-ring (bicyclic) bond motifs is 1. The van der Waals surface area contributed by atoms with E-state index in [1.54, 1.807) is 23.9 Å². The number of thiophene rings is 1. The van der Waals surface area contributed by atoms with Gasteiger partial charge in [-0.1, -0.05) is 0 Å². The second-order valence-electron chi connectivity index (χ2n) is 7.39. The highest BCUT2D eigenvalue weighted by Crippen LogP contribution is 2.34. The molecule has 0 aliphatic carbocycles. The van der Waals surface area contributed by atoms with Crippen LogP contribution in [-0.2, 0) is 11.2 Å². The third-order valence-electron chi connectivity index (χ3n) is 3.77. The summed E-state index contributed by atoms with van der Waals surface area (Å²) in [7, 11) is 1.91. The van der Waals surface area contributed by atoms with E-state index in [-0.39, 0.29) is 6.04 Å². The van der Waals surface area contributed by atoms with Crippen LogP contribution in [0.2, 0.25) is 0 Å². The monoisotopic (exact) mass is 388 g/mol. The molecule has 0 aliphatic rings. The SMILES string of the molecule is C[C@@H](Cc1cc2ncnc(N(C)c3ccco3)c2s1)NC(=O)OC(C)(C)C. The van der Waals surface area contributed by atoms with Crippen LogP contribution in [0.3, 0.4) is 0 Å². The van der Waals surface area contributed by atoms with Crippen LogP contribution >= 0.6 is 11.3 Å². The molecule has 0 bridgehead atoms. The highest BCUT2D eigenvalue weighted by Gasteiger charge is 2.19. The normalized spacial score (nSPS) is 12.8. The average molecular weight is 388 g/mol. The molecule has 0 unspecified atom stereocenters. The summed E-state index contributed by atoms with van der Waals surface area (Å²) in [6.07, 6.45) is 3.46. The summed E-state index contributed by atoms with van der Waals surface area (Å²) in [4.78, 5) is 23.7. The van der Waals surface area contributed by atoms with Gasteiger partial charge in [-0.2, -0.15) is 0 Å². The van der Waals surface area contributed by atoms with Crippen molar-refractivity contribution >= 4 is 39.3 Å². The number of carbonyl (C=O) groups excluding carboxylic acids is 1. The molecule has 0 saturated heterocycles. The van der Waals surface area contributed by atoms with Gasteiger partial charge < -0.3 is 14.5 Å². The number of alkyl carbamates (subject to hydrolysis) is 1. The zero-order valence-corrected chi connectivity index (χ0v) is 17.0. The van der Waals surface area contributed by atoms with Crippen LogP contribution in [0.25, 0.3) is 10.2 Å². The van der Waals surface area contributed by atoms with Gasteiger partial charge in [-0.05, 0) is 39.8 Å². The number of anilines is 2. The lowest BCUT2D eigenvalue weighted by atomic mass is 10.2. The van der Waals surface area contributed by atoms with E-state index in [0.29, 0.717) is 12.3 Å². The minimum absolute atomic E-state index is 0.0628. The van der Waals surface area contributed by atoms with E-state index < -0.39 is 11.7 Å². The number of rotatable bonds is 5.